The Morgan fingerprint density at radius 2 is 2.08 bits per heavy atom. The molecule has 0 aromatic heterocycles. The van der Waals surface area contributed by atoms with Crippen molar-refractivity contribution >= 4 is 5.97 Å². The molecular formula is C10H17NO2. The fourth-order valence-corrected chi connectivity index (χ4v) is 2.69. The summed E-state index contributed by atoms with van der Waals surface area (Å²) in [5.41, 5.74) is 0. The van der Waals surface area contributed by atoms with E-state index in [1.54, 1.807) is 0 Å². The first-order valence-corrected chi connectivity index (χ1v) is 5.23. The number of piperidine rings is 1. The van der Waals surface area contributed by atoms with Gasteiger partial charge in [0.2, 0.25) is 0 Å². The second-order valence-corrected chi connectivity index (χ2v) is 4.33. The lowest BCUT2D eigenvalue weighted by molar-refractivity contribution is -0.143. The van der Waals surface area contributed by atoms with E-state index < -0.39 is 5.97 Å². The van der Waals surface area contributed by atoms with Crippen LogP contribution in [0.5, 0.6) is 0 Å². The molecule has 3 nitrogen and oxygen atoms in total. The van der Waals surface area contributed by atoms with Gasteiger partial charge in [0, 0.05) is 12.6 Å². The molecule has 0 radical (unpaired) electrons. The molecule has 3 heteroatoms. The fourth-order valence-electron chi connectivity index (χ4n) is 2.69. The summed E-state index contributed by atoms with van der Waals surface area (Å²) in [6.07, 6.45) is 5.96. The van der Waals surface area contributed by atoms with Crippen molar-refractivity contribution in [2.24, 2.45) is 11.8 Å². The van der Waals surface area contributed by atoms with Gasteiger partial charge >= 0.3 is 5.97 Å². The van der Waals surface area contributed by atoms with Gasteiger partial charge in [0.05, 0.1) is 5.92 Å². The molecule has 0 spiro atoms. The van der Waals surface area contributed by atoms with Gasteiger partial charge in [-0.1, -0.05) is 12.8 Å². The molecule has 1 aliphatic carbocycles. The number of nitrogens with one attached hydrogen (secondary N) is 1. The van der Waals surface area contributed by atoms with Gasteiger partial charge in [-0.3, -0.25) is 4.79 Å². The molecule has 0 aromatic carbocycles. The van der Waals surface area contributed by atoms with Crippen LogP contribution in [0, 0.1) is 11.8 Å². The molecule has 74 valence electrons. The number of aliphatic carboxylic acids is 1. The van der Waals surface area contributed by atoms with E-state index in [9.17, 15) is 4.79 Å². The van der Waals surface area contributed by atoms with Gasteiger partial charge in [-0.15, -0.1) is 0 Å². The first-order chi connectivity index (χ1) is 6.27. The first-order valence-electron chi connectivity index (χ1n) is 5.23. The average molecular weight is 183 g/mol. The van der Waals surface area contributed by atoms with E-state index in [1.165, 1.54) is 25.7 Å². The Kier molecular flexibility index (Phi) is 2.54. The Balaban J connectivity index is 1.95. The van der Waals surface area contributed by atoms with E-state index in [0.717, 1.165) is 6.42 Å². The molecule has 1 aliphatic heterocycles. The van der Waals surface area contributed by atoms with E-state index in [1.807, 2.05) is 0 Å². The molecule has 13 heavy (non-hydrogen) atoms. The van der Waals surface area contributed by atoms with Crippen LogP contribution >= 0.6 is 0 Å². The lowest BCUT2D eigenvalue weighted by atomic mass is 9.76. The van der Waals surface area contributed by atoms with Crippen LogP contribution in [0.2, 0.25) is 0 Å². The van der Waals surface area contributed by atoms with Crippen LogP contribution < -0.4 is 5.32 Å². The zero-order valence-electron chi connectivity index (χ0n) is 7.83. The summed E-state index contributed by atoms with van der Waals surface area (Å²) < 4.78 is 0. The highest BCUT2D eigenvalue weighted by atomic mass is 16.4. The molecule has 3 atom stereocenters. The maximum atomic E-state index is 10.8. The van der Waals surface area contributed by atoms with Crippen LogP contribution in [0.4, 0.5) is 0 Å². The number of hydrogen-bond donors (Lipinski definition) is 2. The maximum Gasteiger partial charge on any atom is 0.307 e. The highest BCUT2D eigenvalue weighted by molar-refractivity contribution is 5.70. The summed E-state index contributed by atoms with van der Waals surface area (Å²) in [6, 6.07) is 0.615. The molecular weight excluding hydrogens is 166 g/mol. The van der Waals surface area contributed by atoms with Crippen molar-refractivity contribution in [1.29, 1.82) is 0 Å². The van der Waals surface area contributed by atoms with Gasteiger partial charge in [-0.25, -0.2) is 0 Å². The molecule has 2 rings (SSSR count). The van der Waals surface area contributed by atoms with Crippen LogP contribution in [-0.4, -0.2) is 23.7 Å². The Morgan fingerprint density at radius 3 is 2.85 bits per heavy atom. The summed E-state index contributed by atoms with van der Waals surface area (Å²) in [5.74, 6) is -0.139. The summed E-state index contributed by atoms with van der Waals surface area (Å²) in [6.45, 7) is 0.677. The van der Waals surface area contributed by atoms with Gasteiger partial charge in [-0.2, -0.15) is 0 Å². The Morgan fingerprint density at radius 1 is 1.31 bits per heavy atom. The first kappa shape index (κ1) is 9.00. The monoisotopic (exact) mass is 183 g/mol. The van der Waals surface area contributed by atoms with Crippen molar-refractivity contribution in [1.82, 2.24) is 5.32 Å². The topological polar surface area (TPSA) is 49.3 Å². The van der Waals surface area contributed by atoms with Gasteiger partial charge in [0.1, 0.15) is 0 Å². The fraction of sp³-hybridized carbons (Fsp3) is 0.900. The van der Waals surface area contributed by atoms with Crippen molar-refractivity contribution < 1.29 is 9.90 Å². The summed E-state index contributed by atoms with van der Waals surface area (Å²) >= 11 is 0. The van der Waals surface area contributed by atoms with Gasteiger partial charge < -0.3 is 10.4 Å². The highest BCUT2D eigenvalue weighted by Crippen LogP contribution is 2.32. The van der Waals surface area contributed by atoms with Crippen LogP contribution in [0.1, 0.15) is 32.1 Å². The van der Waals surface area contributed by atoms with Gasteiger partial charge in [0.25, 0.3) is 0 Å². The number of fused-ring (bicyclic) bond motifs is 1. The summed E-state index contributed by atoms with van der Waals surface area (Å²) in [5, 5.41) is 12.3. The van der Waals surface area contributed by atoms with Crippen LogP contribution in [0.25, 0.3) is 0 Å². The molecule has 0 amide bonds. The number of carboxylic acids is 1. The number of carboxylic acid groups (broad SMARTS) is 1. The lowest BCUT2D eigenvalue weighted by Crippen LogP contribution is -2.48. The van der Waals surface area contributed by atoms with E-state index >= 15 is 0 Å². The van der Waals surface area contributed by atoms with Gasteiger partial charge in [0.15, 0.2) is 0 Å². The summed E-state index contributed by atoms with van der Waals surface area (Å²) in [4.78, 5) is 10.8. The van der Waals surface area contributed by atoms with Crippen molar-refractivity contribution in [3.05, 3.63) is 0 Å². The third-order valence-corrected chi connectivity index (χ3v) is 3.47. The van der Waals surface area contributed by atoms with Crippen LogP contribution in [0.3, 0.4) is 0 Å². The van der Waals surface area contributed by atoms with E-state index in [4.69, 9.17) is 5.11 Å². The Labute approximate surface area is 78.5 Å². The Bertz CT molecular complexity index is 205. The quantitative estimate of drug-likeness (QED) is 0.643. The SMILES string of the molecule is O=C(O)C1CN[C@H]2CCCC[C@H]2C1. The minimum atomic E-state index is -0.628. The largest absolute Gasteiger partial charge is 0.481 e. The standard InChI is InChI=1S/C10H17NO2/c12-10(13)8-5-7-3-1-2-4-9(7)11-6-8/h7-9,11H,1-6H2,(H,12,13)/t7-,8?,9-/m0/s1. The third-order valence-electron chi connectivity index (χ3n) is 3.47. The van der Waals surface area contributed by atoms with Crippen molar-refractivity contribution in [3.8, 4) is 0 Å². The van der Waals surface area contributed by atoms with Crippen LogP contribution in [-0.2, 0) is 4.79 Å². The zero-order chi connectivity index (χ0) is 9.26. The second kappa shape index (κ2) is 3.66. The predicted octanol–water partition coefficient (Wildman–Crippen LogP) is 1.24. The van der Waals surface area contributed by atoms with Crippen LogP contribution in [0.15, 0.2) is 0 Å². The minimum absolute atomic E-state index is 0.139. The van der Waals surface area contributed by atoms with E-state index in [-0.39, 0.29) is 5.92 Å². The molecule has 1 saturated heterocycles. The van der Waals surface area contributed by atoms with Crippen molar-refractivity contribution in [2.75, 3.05) is 6.54 Å². The number of rotatable bonds is 1. The average Bonchev–Trinajstić information content (AvgIpc) is 2.17. The van der Waals surface area contributed by atoms with Crippen molar-refractivity contribution in [2.45, 2.75) is 38.1 Å². The molecule has 1 saturated carbocycles. The molecule has 2 fully saturated rings. The second-order valence-electron chi connectivity index (χ2n) is 4.33. The molecule has 1 unspecified atom stereocenters. The minimum Gasteiger partial charge on any atom is -0.481 e. The molecule has 1 heterocycles. The molecule has 0 aromatic rings. The zero-order valence-corrected chi connectivity index (χ0v) is 7.83. The van der Waals surface area contributed by atoms with Gasteiger partial charge in [-0.05, 0) is 25.2 Å². The predicted molar refractivity (Wildman–Crippen MR) is 49.5 cm³/mol. The molecule has 2 N–H and O–H groups in total. The van der Waals surface area contributed by atoms with E-state index in [2.05, 4.69) is 5.32 Å². The molecule has 0 bridgehead atoms. The van der Waals surface area contributed by atoms with Crippen molar-refractivity contribution in [3.63, 3.8) is 0 Å². The Hall–Kier alpha value is -0.570. The normalized spacial score (nSPS) is 39.5. The number of carbonyl (C=O) groups is 1. The maximum absolute atomic E-state index is 10.8. The number of hydrogen-bond acceptors (Lipinski definition) is 2. The smallest absolute Gasteiger partial charge is 0.307 e. The molecule has 2 aliphatic rings. The highest BCUT2D eigenvalue weighted by Gasteiger charge is 2.34. The summed E-state index contributed by atoms with van der Waals surface area (Å²) in [7, 11) is 0. The lowest BCUT2D eigenvalue weighted by Gasteiger charge is -2.38. The van der Waals surface area contributed by atoms with E-state index in [0.29, 0.717) is 18.5 Å². The third kappa shape index (κ3) is 1.85.